The third kappa shape index (κ3) is 2.32. The molecule has 1 saturated heterocycles. The van der Waals surface area contributed by atoms with Crippen molar-refractivity contribution in [1.29, 1.82) is 0 Å². The molecule has 3 nitrogen and oxygen atoms in total. The van der Waals surface area contributed by atoms with Crippen molar-refractivity contribution in [1.82, 2.24) is 10.3 Å². The highest BCUT2D eigenvalue weighted by Crippen LogP contribution is 2.15. The van der Waals surface area contributed by atoms with Crippen LogP contribution in [-0.2, 0) is 0 Å². The van der Waals surface area contributed by atoms with Crippen molar-refractivity contribution in [2.75, 3.05) is 13.2 Å². The Morgan fingerprint density at radius 1 is 1.62 bits per heavy atom. The number of hydrogen-bond donors (Lipinski definition) is 1. The fourth-order valence-electron chi connectivity index (χ4n) is 1.16. The topological polar surface area (TPSA) is 34.1 Å². The van der Waals surface area contributed by atoms with E-state index >= 15 is 0 Å². The van der Waals surface area contributed by atoms with Crippen molar-refractivity contribution in [3.8, 4) is 5.75 Å². The van der Waals surface area contributed by atoms with Crippen molar-refractivity contribution in [3.05, 3.63) is 23.5 Å². The van der Waals surface area contributed by atoms with E-state index in [-0.39, 0.29) is 0 Å². The zero-order valence-electron chi connectivity index (χ0n) is 7.16. The van der Waals surface area contributed by atoms with Crippen LogP contribution in [0, 0.1) is 0 Å². The predicted molar refractivity (Wildman–Crippen MR) is 51.1 cm³/mol. The molecular weight excluding hydrogens is 188 g/mol. The summed E-state index contributed by atoms with van der Waals surface area (Å²) in [5.74, 6) is 0.737. The molecule has 0 spiro atoms. The van der Waals surface area contributed by atoms with Crippen LogP contribution in [0.2, 0.25) is 5.02 Å². The summed E-state index contributed by atoms with van der Waals surface area (Å²) in [4.78, 5) is 3.93. The molecule has 4 heteroatoms. The van der Waals surface area contributed by atoms with Gasteiger partial charge in [-0.25, -0.2) is 0 Å². The van der Waals surface area contributed by atoms with Gasteiger partial charge >= 0.3 is 0 Å². The molecule has 2 rings (SSSR count). The van der Waals surface area contributed by atoms with Gasteiger partial charge in [-0.1, -0.05) is 11.6 Å². The maximum Gasteiger partial charge on any atom is 0.139 e. The third-order valence-corrected chi connectivity index (χ3v) is 2.26. The van der Waals surface area contributed by atoms with Crippen LogP contribution in [-0.4, -0.2) is 24.2 Å². The molecule has 1 fully saturated rings. The van der Waals surface area contributed by atoms with Crippen LogP contribution < -0.4 is 10.1 Å². The van der Waals surface area contributed by atoms with E-state index in [1.165, 1.54) is 6.42 Å². The summed E-state index contributed by atoms with van der Waals surface area (Å²) < 4.78 is 5.48. The first-order valence-corrected chi connectivity index (χ1v) is 4.69. The van der Waals surface area contributed by atoms with Gasteiger partial charge in [0.2, 0.25) is 0 Å². The van der Waals surface area contributed by atoms with Crippen LogP contribution in [0.1, 0.15) is 6.42 Å². The highest BCUT2D eigenvalue weighted by atomic mass is 35.5. The summed E-state index contributed by atoms with van der Waals surface area (Å²) in [6, 6.07) is 2.27. The molecule has 2 heterocycles. The summed E-state index contributed by atoms with van der Waals surface area (Å²) in [6.07, 6.45) is 4.45. The number of ether oxygens (including phenoxy) is 1. The number of nitrogens with zero attached hydrogens (tertiary/aromatic N) is 1. The quantitative estimate of drug-likeness (QED) is 0.799. The van der Waals surface area contributed by atoms with E-state index in [0.717, 1.165) is 12.3 Å². The molecule has 13 heavy (non-hydrogen) atoms. The van der Waals surface area contributed by atoms with Gasteiger partial charge in [-0.2, -0.15) is 0 Å². The molecule has 1 N–H and O–H groups in total. The van der Waals surface area contributed by atoms with E-state index in [2.05, 4.69) is 10.3 Å². The predicted octanol–water partition coefficient (Wildman–Crippen LogP) is 1.48. The lowest BCUT2D eigenvalue weighted by atomic mass is 10.1. The van der Waals surface area contributed by atoms with E-state index in [0.29, 0.717) is 17.7 Å². The first kappa shape index (κ1) is 8.78. The first-order chi connectivity index (χ1) is 6.34. The lowest BCUT2D eigenvalue weighted by Crippen LogP contribution is -2.46. The molecule has 70 valence electrons. The second-order valence-corrected chi connectivity index (χ2v) is 3.53. The van der Waals surface area contributed by atoms with Gasteiger partial charge in [0, 0.05) is 18.3 Å². The van der Waals surface area contributed by atoms with Crippen LogP contribution in [0.5, 0.6) is 5.75 Å². The average molecular weight is 199 g/mol. The lowest BCUT2D eigenvalue weighted by molar-refractivity contribution is 0.217. The molecule has 0 aliphatic carbocycles. The van der Waals surface area contributed by atoms with E-state index in [4.69, 9.17) is 16.3 Å². The van der Waals surface area contributed by atoms with Gasteiger partial charge in [0.15, 0.2) is 0 Å². The van der Waals surface area contributed by atoms with Crippen LogP contribution in [0.15, 0.2) is 18.5 Å². The minimum Gasteiger partial charge on any atom is -0.490 e. The van der Waals surface area contributed by atoms with Crippen LogP contribution in [0.3, 0.4) is 0 Å². The maximum absolute atomic E-state index is 5.75. The summed E-state index contributed by atoms with van der Waals surface area (Å²) in [7, 11) is 0. The standard InChI is InChI=1S/C9H11ClN2O/c10-7-3-9(5-11-4-7)13-6-8-1-2-12-8/h3-5,8,12H,1-2,6H2/t8-/m1/s1. The monoisotopic (exact) mass is 198 g/mol. The first-order valence-electron chi connectivity index (χ1n) is 4.31. The Hall–Kier alpha value is -0.800. The fraction of sp³-hybridized carbons (Fsp3) is 0.444. The molecule has 1 aliphatic heterocycles. The Bertz CT molecular complexity index is 289. The Kier molecular flexibility index (Phi) is 2.66. The zero-order chi connectivity index (χ0) is 9.10. The van der Waals surface area contributed by atoms with Crippen LogP contribution in [0.25, 0.3) is 0 Å². The van der Waals surface area contributed by atoms with E-state index in [9.17, 15) is 0 Å². The molecule has 1 atom stereocenters. The second kappa shape index (κ2) is 3.94. The fourth-order valence-corrected chi connectivity index (χ4v) is 1.32. The van der Waals surface area contributed by atoms with Crippen molar-refractivity contribution < 1.29 is 4.74 Å². The number of pyridine rings is 1. The Morgan fingerprint density at radius 3 is 3.08 bits per heavy atom. The van der Waals surface area contributed by atoms with Gasteiger partial charge in [-0.05, 0) is 13.0 Å². The van der Waals surface area contributed by atoms with E-state index in [1.807, 2.05) is 0 Å². The molecule has 0 radical (unpaired) electrons. The Morgan fingerprint density at radius 2 is 2.46 bits per heavy atom. The minimum atomic E-state index is 0.499. The molecular formula is C9H11ClN2O. The highest BCUT2D eigenvalue weighted by molar-refractivity contribution is 6.30. The molecule has 1 aliphatic rings. The van der Waals surface area contributed by atoms with Crippen LogP contribution in [0.4, 0.5) is 0 Å². The maximum atomic E-state index is 5.75. The number of hydrogen-bond acceptors (Lipinski definition) is 3. The van der Waals surface area contributed by atoms with Gasteiger partial charge < -0.3 is 10.1 Å². The van der Waals surface area contributed by atoms with Crippen LogP contribution >= 0.6 is 11.6 Å². The summed E-state index contributed by atoms with van der Waals surface area (Å²) >= 11 is 5.75. The number of nitrogens with one attached hydrogen (secondary N) is 1. The summed E-state index contributed by atoms with van der Waals surface area (Å²) in [5, 5.41) is 3.86. The summed E-state index contributed by atoms with van der Waals surface area (Å²) in [6.45, 7) is 1.80. The molecule has 1 aromatic rings. The minimum absolute atomic E-state index is 0.499. The molecule has 0 saturated carbocycles. The Labute approximate surface area is 82.1 Å². The van der Waals surface area contributed by atoms with Crippen molar-refractivity contribution in [2.24, 2.45) is 0 Å². The third-order valence-electron chi connectivity index (χ3n) is 2.06. The largest absolute Gasteiger partial charge is 0.490 e. The lowest BCUT2D eigenvalue weighted by Gasteiger charge is -2.27. The highest BCUT2D eigenvalue weighted by Gasteiger charge is 2.16. The molecule has 1 aromatic heterocycles. The average Bonchev–Trinajstić information content (AvgIpc) is 2.01. The summed E-state index contributed by atoms with van der Waals surface area (Å²) in [5.41, 5.74) is 0. The number of halogens is 1. The normalized spacial score (nSPS) is 20.8. The van der Waals surface area contributed by atoms with Crippen molar-refractivity contribution in [2.45, 2.75) is 12.5 Å². The zero-order valence-corrected chi connectivity index (χ0v) is 7.92. The van der Waals surface area contributed by atoms with Crippen molar-refractivity contribution in [3.63, 3.8) is 0 Å². The molecule has 0 amide bonds. The van der Waals surface area contributed by atoms with Crippen molar-refractivity contribution >= 4 is 11.6 Å². The van der Waals surface area contributed by atoms with E-state index < -0.39 is 0 Å². The molecule has 0 unspecified atom stereocenters. The van der Waals surface area contributed by atoms with Gasteiger partial charge in [0.25, 0.3) is 0 Å². The second-order valence-electron chi connectivity index (χ2n) is 3.09. The number of aromatic nitrogens is 1. The Balaban J connectivity index is 1.86. The number of rotatable bonds is 3. The molecule has 0 aromatic carbocycles. The smallest absolute Gasteiger partial charge is 0.139 e. The van der Waals surface area contributed by atoms with Gasteiger partial charge in [-0.15, -0.1) is 0 Å². The van der Waals surface area contributed by atoms with Gasteiger partial charge in [0.1, 0.15) is 12.4 Å². The van der Waals surface area contributed by atoms with Gasteiger partial charge in [-0.3, -0.25) is 4.98 Å². The SMILES string of the molecule is Clc1cncc(OC[C@H]2CCN2)c1. The van der Waals surface area contributed by atoms with E-state index in [1.54, 1.807) is 18.5 Å². The molecule has 0 bridgehead atoms. The van der Waals surface area contributed by atoms with Gasteiger partial charge in [0.05, 0.1) is 11.2 Å².